The van der Waals surface area contributed by atoms with Crippen molar-refractivity contribution < 1.29 is 8.94 Å². The Morgan fingerprint density at radius 1 is 1.33 bits per heavy atom. The summed E-state index contributed by atoms with van der Waals surface area (Å²) < 4.78 is 10.8. The second-order valence-electron chi connectivity index (χ2n) is 5.79. The van der Waals surface area contributed by atoms with E-state index in [1.54, 1.807) is 6.20 Å². The van der Waals surface area contributed by atoms with E-state index in [1.807, 2.05) is 13.8 Å². The minimum absolute atomic E-state index is 0.0120. The van der Waals surface area contributed by atoms with Gasteiger partial charge in [-0.1, -0.05) is 24.4 Å². The average Bonchev–Trinajstić information content (AvgIpc) is 3.15. The number of aryl methyl sites for hydroxylation is 1. The quantitative estimate of drug-likeness (QED) is 0.910. The summed E-state index contributed by atoms with van der Waals surface area (Å²) in [6, 6.07) is -0.0120. The van der Waals surface area contributed by atoms with Gasteiger partial charge in [0.15, 0.2) is 5.82 Å². The molecule has 0 radical (unpaired) electrons. The van der Waals surface area contributed by atoms with E-state index in [1.165, 1.54) is 32.1 Å². The normalized spacial score (nSPS) is 18.0. The maximum atomic E-state index is 5.43. The third-order valence-corrected chi connectivity index (χ3v) is 4.03. The maximum Gasteiger partial charge on any atom is 0.243 e. The number of hydrogen-bond donors (Lipinski definition) is 1. The fourth-order valence-electron chi connectivity index (χ4n) is 2.76. The highest BCUT2D eigenvalue weighted by atomic mass is 16.5. The molecular weight excluding hydrogens is 268 g/mol. The summed E-state index contributed by atoms with van der Waals surface area (Å²) in [6.45, 7) is 4.44. The van der Waals surface area contributed by atoms with Crippen molar-refractivity contribution in [3.05, 3.63) is 29.6 Å². The van der Waals surface area contributed by atoms with Crippen LogP contribution in [0.1, 0.15) is 74.4 Å². The summed E-state index contributed by atoms with van der Waals surface area (Å²) in [6.07, 6.45) is 7.94. The van der Waals surface area contributed by atoms with Crippen LogP contribution in [0, 0.1) is 6.92 Å². The van der Waals surface area contributed by atoms with Gasteiger partial charge in [0.2, 0.25) is 11.8 Å². The van der Waals surface area contributed by atoms with Crippen LogP contribution in [0.25, 0.3) is 0 Å². The molecule has 2 aromatic heterocycles. The standard InChI is InChI=1S/C15H22N4O2/c1-10-8-17-13(20-10)9-16-11(2)15-18-14(19-21-15)12-6-4-3-5-7-12/h8,11-12,16H,3-7,9H2,1-2H3. The number of nitrogens with one attached hydrogen (secondary N) is 1. The first-order chi connectivity index (χ1) is 10.2. The van der Waals surface area contributed by atoms with Gasteiger partial charge in [-0.25, -0.2) is 4.98 Å². The minimum Gasteiger partial charge on any atom is -0.445 e. The first-order valence-corrected chi connectivity index (χ1v) is 7.70. The summed E-state index contributed by atoms with van der Waals surface area (Å²) >= 11 is 0. The molecule has 114 valence electrons. The molecule has 1 aliphatic rings. The average molecular weight is 290 g/mol. The Morgan fingerprint density at radius 2 is 2.14 bits per heavy atom. The largest absolute Gasteiger partial charge is 0.445 e. The van der Waals surface area contributed by atoms with E-state index >= 15 is 0 Å². The van der Waals surface area contributed by atoms with Gasteiger partial charge in [0.05, 0.1) is 18.8 Å². The van der Waals surface area contributed by atoms with Crippen LogP contribution >= 0.6 is 0 Å². The summed E-state index contributed by atoms with van der Waals surface area (Å²) in [5.74, 6) is 3.46. The molecule has 1 atom stereocenters. The number of nitrogens with zero attached hydrogens (tertiary/aromatic N) is 3. The van der Waals surface area contributed by atoms with Gasteiger partial charge in [-0.15, -0.1) is 0 Å². The van der Waals surface area contributed by atoms with Crippen LogP contribution in [0.3, 0.4) is 0 Å². The highest BCUT2D eigenvalue weighted by molar-refractivity contribution is 4.99. The van der Waals surface area contributed by atoms with E-state index in [9.17, 15) is 0 Å². The summed E-state index contributed by atoms with van der Waals surface area (Å²) in [7, 11) is 0. The lowest BCUT2D eigenvalue weighted by atomic mass is 9.89. The van der Waals surface area contributed by atoms with Crippen molar-refractivity contribution in [3.63, 3.8) is 0 Å². The van der Waals surface area contributed by atoms with Gasteiger partial charge in [-0.05, 0) is 26.7 Å². The second-order valence-corrected chi connectivity index (χ2v) is 5.79. The fraction of sp³-hybridized carbons (Fsp3) is 0.667. The molecule has 3 rings (SSSR count). The molecule has 2 heterocycles. The van der Waals surface area contributed by atoms with E-state index in [0.29, 0.717) is 24.2 Å². The van der Waals surface area contributed by atoms with Crippen LogP contribution < -0.4 is 5.32 Å². The van der Waals surface area contributed by atoms with Crippen LogP contribution in [-0.4, -0.2) is 15.1 Å². The molecule has 0 aliphatic heterocycles. The van der Waals surface area contributed by atoms with Crippen LogP contribution in [0.4, 0.5) is 0 Å². The number of hydrogen-bond acceptors (Lipinski definition) is 6. The van der Waals surface area contributed by atoms with Crippen molar-refractivity contribution in [1.29, 1.82) is 0 Å². The van der Waals surface area contributed by atoms with Gasteiger partial charge in [0.25, 0.3) is 0 Å². The summed E-state index contributed by atoms with van der Waals surface area (Å²) in [4.78, 5) is 8.72. The van der Waals surface area contributed by atoms with Crippen molar-refractivity contribution in [2.75, 3.05) is 0 Å². The molecule has 0 spiro atoms. The minimum atomic E-state index is -0.0120. The number of aromatic nitrogens is 3. The maximum absolute atomic E-state index is 5.43. The molecule has 1 aliphatic carbocycles. The molecule has 6 nitrogen and oxygen atoms in total. The fourth-order valence-corrected chi connectivity index (χ4v) is 2.76. The number of oxazole rings is 1. The lowest BCUT2D eigenvalue weighted by molar-refractivity contribution is 0.323. The van der Waals surface area contributed by atoms with E-state index < -0.39 is 0 Å². The molecule has 0 bridgehead atoms. The zero-order valence-electron chi connectivity index (χ0n) is 12.6. The van der Waals surface area contributed by atoms with E-state index in [0.717, 1.165) is 11.6 Å². The summed E-state index contributed by atoms with van der Waals surface area (Å²) in [5.41, 5.74) is 0. The number of rotatable bonds is 5. The molecule has 6 heteroatoms. The van der Waals surface area contributed by atoms with Gasteiger partial charge < -0.3 is 8.94 Å². The monoisotopic (exact) mass is 290 g/mol. The molecule has 2 aromatic rings. The van der Waals surface area contributed by atoms with Crippen molar-refractivity contribution in [1.82, 2.24) is 20.4 Å². The van der Waals surface area contributed by atoms with Crippen LogP contribution in [0.5, 0.6) is 0 Å². The first-order valence-electron chi connectivity index (χ1n) is 7.70. The lowest BCUT2D eigenvalue weighted by Gasteiger charge is -2.17. The topological polar surface area (TPSA) is 77.0 Å². The lowest BCUT2D eigenvalue weighted by Crippen LogP contribution is -2.18. The Labute approximate surface area is 124 Å². The van der Waals surface area contributed by atoms with Crippen LogP contribution in [-0.2, 0) is 6.54 Å². The second kappa shape index (κ2) is 6.39. The van der Waals surface area contributed by atoms with Crippen molar-refractivity contribution >= 4 is 0 Å². The van der Waals surface area contributed by atoms with Gasteiger partial charge in [0, 0.05) is 5.92 Å². The molecule has 1 fully saturated rings. The molecule has 0 amide bonds. The smallest absolute Gasteiger partial charge is 0.243 e. The summed E-state index contributed by atoms with van der Waals surface area (Å²) in [5, 5.41) is 7.45. The van der Waals surface area contributed by atoms with Gasteiger partial charge in [0.1, 0.15) is 5.76 Å². The Kier molecular flexibility index (Phi) is 4.34. The van der Waals surface area contributed by atoms with Crippen LogP contribution in [0.2, 0.25) is 0 Å². The Morgan fingerprint density at radius 3 is 2.86 bits per heavy atom. The zero-order chi connectivity index (χ0) is 14.7. The zero-order valence-corrected chi connectivity index (χ0v) is 12.6. The molecule has 21 heavy (non-hydrogen) atoms. The third-order valence-electron chi connectivity index (χ3n) is 4.03. The third kappa shape index (κ3) is 3.50. The molecule has 0 saturated heterocycles. The van der Waals surface area contributed by atoms with Gasteiger partial charge in [-0.2, -0.15) is 4.98 Å². The SMILES string of the molecule is Cc1cnc(CNC(C)c2nc(C3CCCCC3)no2)o1. The molecule has 0 aromatic carbocycles. The first kappa shape index (κ1) is 14.3. The van der Waals surface area contributed by atoms with Crippen molar-refractivity contribution in [2.45, 2.75) is 64.5 Å². The Bertz CT molecular complexity index is 572. The molecule has 1 unspecified atom stereocenters. The van der Waals surface area contributed by atoms with Gasteiger partial charge in [-0.3, -0.25) is 5.32 Å². The van der Waals surface area contributed by atoms with E-state index in [4.69, 9.17) is 8.94 Å². The highest BCUT2D eigenvalue weighted by Gasteiger charge is 2.22. The molecular formula is C15H22N4O2. The Hall–Kier alpha value is -1.69. The van der Waals surface area contributed by atoms with Gasteiger partial charge >= 0.3 is 0 Å². The molecule has 1 saturated carbocycles. The Balaban J connectivity index is 1.57. The predicted octanol–water partition coefficient (Wildman–Crippen LogP) is 3.26. The van der Waals surface area contributed by atoms with E-state index in [-0.39, 0.29) is 6.04 Å². The van der Waals surface area contributed by atoms with Crippen molar-refractivity contribution in [2.24, 2.45) is 0 Å². The molecule has 1 N–H and O–H groups in total. The van der Waals surface area contributed by atoms with Crippen LogP contribution in [0.15, 0.2) is 15.1 Å². The van der Waals surface area contributed by atoms with Crippen molar-refractivity contribution in [3.8, 4) is 0 Å². The predicted molar refractivity (Wildman–Crippen MR) is 76.6 cm³/mol. The van der Waals surface area contributed by atoms with E-state index in [2.05, 4.69) is 20.4 Å². The highest BCUT2D eigenvalue weighted by Crippen LogP contribution is 2.31.